The normalized spacial score (nSPS) is 10.6. The van der Waals surface area contributed by atoms with Crippen molar-refractivity contribution in [3.05, 3.63) is 71.8 Å². The first-order valence-electron chi connectivity index (χ1n) is 6.26. The van der Waals surface area contributed by atoms with Gasteiger partial charge >= 0.3 is 0 Å². The molecule has 0 saturated carbocycles. The maximum absolute atomic E-state index is 13.5. The van der Waals surface area contributed by atoms with Gasteiger partial charge in [0.25, 0.3) is 5.91 Å². The lowest BCUT2D eigenvalue weighted by molar-refractivity contribution is 0.101. The van der Waals surface area contributed by atoms with Crippen LogP contribution in [0.3, 0.4) is 0 Å². The Bertz CT molecular complexity index is 813. The number of hydrogen-bond acceptors (Lipinski definition) is 2. The monoisotopic (exact) mass is 284 g/mol. The summed E-state index contributed by atoms with van der Waals surface area (Å²) in [6.45, 7) is 0. The topological polar surface area (TPSA) is 42.0 Å². The second kappa shape index (κ2) is 5.28. The maximum Gasteiger partial charge on any atom is 0.262 e. The zero-order valence-corrected chi connectivity index (χ0v) is 10.8. The van der Waals surface area contributed by atoms with E-state index in [0.717, 1.165) is 17.5 Å². The number of amides is 1. The number of halogens is 2. The first-order valence-corrected chi connectivity index (χ1v) is 6.26. The lowest BCUT2D eigenvalue weighted by Gasteiger charge is -2.07. The minimum absolute atomic E-state index is 0.237. The third kappa shape index (κ3) is 2.58. The van der Waals surface area contributed by atoms with Crippen LogP contribution in [0.15, 0.2) is 54.6 Å². The van der Waals surface area contributed by atoms with Crippen LogP contribution >= 0.6 is 0 Å². The first kappa shape index (κ1) is 13.2. The van der Waals surface area contributed by atoms with Gasteiger partial charge in [0.05, 0.1) is 5.52 Å². The highest BCUT2D eigenvalue weighted by atomic mass is 19.1. The van der Waals surface area contributed by atoms with E-state index in [9.17, 15) is 13.6 Å². The molecule has 0 fully saturated rings. The molecule has 0 radical (unpaired) electrons. The number of nitrogens with zero attached hydrogens (tertiary/aromatic N) is 1. The molecule has 0 saturated heterocycles. The van der Waals surface area contributed by atoms with Gasteiger partial charge in [-0.15, -0.1) is 0 Å². The van der Waals surface area contributed by atoms with Crippen LogP contribution in [0.5, 0.6) is 0 Å². The second-order valence-electron chi connectivity index (χ2n) is 4.44. The highest BCUT2D eigenvalue weighted by molar-refractivity contribution is 6.04. The average Bonchev–Trinajstić information content (AvgIpc) is 2.47. The maximum atomic E-state index is 13.5. The molecular weight excluding hydrogens is 274 g/mol. The van der Waals surface area contributed by atoms with Crippen molar-refractivity contribution in [2.45, 2.75) is 0 Å². The molecule has 1 N–H and O–H groups in total. The van der Waals surface area contributed by atoms with E-state index in [2.05, 4.69) is 10.3 Å². The van der Waals surface area contributed by atoms with Gasteiger partial charge in [-0.1, -0.05) is 24.3 Å². The quantitative estimate of drug-likeness (QED) is 0.778. The molecule has 1 amide bonds. The van der Waals surface area contributed by atoms with Gasteiger partial charge in [-0.25, -0.2) is 13.8 Å². The molecule has 3 aromatic rings. The van der Waals surface area contributed by atoms with Gasteiger partial charge in [-0.3, -0.25) is 4.79 Å². The number of hydrogen-bond donors (Lipinski definition) is 1. The molecule has 3 rings (SSSR count). The number of para-hydroxylation sites is 1. The van der Waals surface area contributed by atoms with Crippen molar-refractivity contribution in [2.75, 3.05) is 5.32 Å². The molecular formula is C16H10F2N2O. The fourth-order valence-electron chi connectivity index (χ4n) is 2.03. The molecule has 1 heterocycles. The zero-order chi connectivity index (χ0) is 14.8. The lowest BCUT2D eigenvalue weighted by Crippen LogP contribution is -2.16. The Morgan fingerprint density at radius 1 is 0.905 bits per heavy atom. The Morgan fingerprint density at radius 2 is 1.62 bits per heavy atom. The van der Waals surface area contributed by atoms with E-state index in [-0.39, 0.29) is 5.82 Å². The molecule has 104 valence electrons. The van der Waals surface area contributed by atoms with Crippen molar-refractivity contribution >= 4 is 22.6 Å². The standard InChI is InChI=1S/C16H10F2N2O/c17-11-5-3-6-12(18)15(11)16(21)20-14-9-8-10-4-1-2-7-13(10)19-14/h1-9H,(H,19,20,21). The van der Waals surface area contributed by atoms with Gasteiger partial charge in [0.2, 0.25) is 0 Å². The fourth-order valence-corrected chi connectivity index (χ4v) is 2.03. The molecule has 0 bridgehead atoms. The Kier molecular flexibility index (Phi) is 3.31. The smallest absolute Gasteiger partial charge is 0.262 e. The molecule has 0 atom stereocenters. The lowest BCUT2D eigenvalue weighted by atomic mass is 10.2. The van der Waals surface area contributed by atoms with E-state index in [1.54, 1.807) is 18.2 Å². The highest BCUT2D eigenvalue weighted by Gasteiger charge is 2.17. The Labute approximate surface area is 119 Å². The fraction of sp³-hybridized carbons (Fsp3) is 0. The van der Waals surface area contributed by atoms with Crippen LogP contribution in [0.25, 0.3) is 10.9 Å². The van der Waals surface area contributed by atoms with Crippen molar-refractivity contribution in [3.63, 3.8) is 0 Å². The number of anilines is 1. The van der Waals surface area contributed by atoms with Gasteiger partial charge in [0.15, 0.2) is 0 Å². The SMILES string of the molecule is O=C(Nc1ccc2ccccc2n1)c1c(F)cccc1F. The van der Waals surface area contributed by atoms with Crippen LogP contribution in [0.2, 0.25) is 0 Å². The minimum Gasteiger partial charge on any atom is -0.306 e. The van der Waals surface area contributed by atoms with Gasteiger partial charge in [-0.2, -0.15) is 0 Å². The zero-order valence-electron chi connectivity index (χ0n) is 10.8. The van der Waals surface area contributed by atoms with Crippen molar-refractivity contribution in [3.8, 4) is 0 Å². The molecule has 0 unspecified atom stereocenters. The van der Waals surface area contributed by atoms with Crippen molar-refractivity contribution in [1.82, 2.24) is 4.98 Å². The van der Waals surface area contributed by atoms with E-state index in [1.807, 2.05) is 18.2 Å². The largest absolute Gasteiger partial charge is 0.306 e. The van der Waals surface area contributed by atoms with Crippen molar-refractivity contribution in [2.24, 2.45) is 0 Å². The van der Waals surface area contributed by atoms with Crippen LogP contribution in [0.4, 0.5) is 14.6 Å². The summed E-state index contributed by atoms with van der Waals surface area (Å²) in [5.74, 6) is -2.45. The number of nitrogens with one attached hydrogen (secondary N) is 1. The van der Waals surface area contributed by atoms with Crippen LogP contribution < -0.4 is 5.32 Å². The number of carbonyl (C=O) groups is 1. The highest BCUT2D eigenvalue weighted by Crippen LogP contribution is 2.17. The minimum atomic E-state index is -0.909. The summed E-state index contributed by atoms with van der Waals surface area (Å²) >= 11 is 0. The van der Waals surface area contributed by atoms with Crippen molar-refractivity contribution in [1.29, 1.82) is 0 Å². The van der Waals surface area contributed by atoms with Crippen LogP contribution in [-0.2, 0) is 0 Å². The number of fused-ring (bicyclic) bond motifs is 1. The van der Waals surface area contributed by atoms with Gasteiger partial charge in [-0.05, 0) is 30.3 Å². The van der Waals surface area contributed by atoms with Crippen molar-refractivity contribution < 1.29 is 13.6 Å². The first-order chi connectivity index (χ1) is 10.1. The molecule has 3 nitrogen and oxygen atoms in total. The van der Waals surface area contributed by atoms with Crippen LogP contribution in [-0.4, -0.2) is 10.9 Å². The van der Waals surface area contributed by atoms with E-state index >= 15 is 0 Å². The third-order valence-electron chi connectivity index (χ3n) is 3.03. The molecule has 0 aliphatic rings. The molecule has 0 aliphatic heterocycles. The van der Waals surface area contributed by atoms with E-state index in [1.165, 1.54) is 6.07 Å². The molecule has 5 heteroatoms. The van der Waals surface area contributed by atoms with E-state index in [0.29, 0.717) is 5.52 Å². The van der Waals surface area contributed by atoms with Gasteiger partial charge in [0.1, 0.15) is 23.0 Å². The molecule has 0 spiro atoms. The predicted octanol–water partition coefficient (Wildman–Crippen LogP) is 3.77. The summed E-state index contributed by atoms with van der Waals surface area (Å²) in [5.41, 5.74) is 0.0664. The van der Waals surface area contributed by atoms with Gasteiger partial charge in [0, 0.05) is 5.39 Å². The summed E-state index contributed by atoms with van der Waals surface area (Å²) in [4.78, 5) is 16.2. The molecule has 21 heavy (non-hydrogen) atoms. The summed E-state index contributed by atoms with van der Waals surface area (Å²) < 4.78 is 27.1. The second-order valence-corrected chi connectivity index (χ2v) is 4.44. The number of rotatable bonds is 2. The number of pyridine rings is 1. The number of aromatic nitrogens is 1. The Balaban J connectivity index is 1.93. The molecule has 0 aliphatic carbocycles. The summed E-state index contributed by atoms with van der Waals surface area (Å²) in [6.07, 6.45) is 0. The summed E-state index contributed by atoms with van der Waals surface area (Å²) in [7, 11) is 0. The molecule has 1 aromatic heterocycles. The average molecular weight is 284 g/mol. The van der Waals surface area contributed by atoms with E-state index in [4.69, 9.17) is 0 Å². The third-order valence-corrected chi connectivity index (χ3v) is 3.03. The van der Waals surface area contributed by atoms with E-state index < -0.39 is 23.1 Å². The number of carbonyl (C=O) groups excluding carboxylic acids is 1. The Morgan fingerprint density at radius 3 is 2.38 bits per heavy atom. The van der Waals surface area contributed by atoms with Crippen LogP contribution in [0.1, 0.15) is 10.4 Å². The number of benzene rings is 2. The Hall–Kier alpha value is -2.82. The molecule has 2 aromatic carbocycles. The predicted molar refractivity (Wildman–Crippen MR) is 76.1 cm³/mol. The summed E-state index contributed by atoms with van der Waals surface area (Å²) in [6, 6.07) is 14.0. The van der Waals surface area contributed by atoms with Crippen LogP contribution in [0, 0.1) is 11.6 Å². The summed E-state index contributed by atoms with van der Waals surface area (Å²) in [5, 5.41) is 3.31. The van der Waals surface area contributed by atoms with Gasteiger partial charge < -0.3 is 5.32 Å².